The molecule has 0 aliphatic rings. The first-order valence-corrected chi connectivity index (χ1v) is 15.6. The average Bonchev–Trinajstić information content (AvgIpc) is 2.88. The van der Waals surface area contributed by atoms with Gasteiger partial charge in [0, 0.05) is 36.5 Å². The van der Waals surface area contributed by atoms with Crippen molar-refractivity contribution in [2.24, 2.45) is 0 Å². The zero-order chi connectivity index (χ0) is 30.2. The van der Waals surface area contributed by atoms with Gasteiger partial charge in [-0.3, -0.25) is 13.9 Å². The fourth-order valence-electron chi connectivity index (χ4n) is 4.48. The van der Waals surface area contributed by atoms with E-state index >= 15 is 0 Å². The van der Waals surface area contributed by atoms with Crippen molar-refractivity contribution in [3.63, 3.8) is 0 Å². The number of carbonyl (C=O) groups is 2. The van der Waals surface area contributed by atoms with E-state index in [1.54, 1.807) is 24.3 Å². The van der Waals surface area contributed by atoms with E-state index in [1.807, 2.05) is 57.2 Å². The quantitative estimate of drug-likeness (QED) is 0.294. The number of anilines is 1. The van der Waals surface area contributed by atoms with Gasteiger partial charge in [-0.05, 0) is 62.6 Å². The zero-order valence-corrected chi connectivity index (χ0v) is 25.4. The summed E-state index contributed by atoms with van der Waals surface area (Å²) in [7, 11) is -3.81. The maximum absolute atomic E-state index is 14.5. The van der Waals surface area contributed by atoms with Crippen molar-refractivity contribution in [3.05, 3.63) is 101 Å². The van der Waals surface area contributed by atoms with Crippen LogP contribution < -0.4 is 9.62 Å². The second kappa shape index (κ2) is 14.0. The molecule has 220 valence electrons. The summed E-state index contributed by atoms with van der Waals surface area (Å²) in [6, 6.07) is 21.3. The lowest BCUT2D eigenvalue weighted by Gasteiger charge is -2.34. The maximum Gasteiger partial charge on any atom is 0.243 e. The van der Waals surface area contributed by atoms with E-state index in [1.165, 1.54) is 23.1 Å². The van der Waals surface area contributed by atoms with E-state index in [-0.39, 0.29) is 49.9 Å². The normalized spacial score (nSPS) is 12.4. The van der Waals surface area contributed by atoms with Crippen molar-refractivity contribution in [1.29, 1.82) is 0 Å². The van der Waals surface area contributed by atoms with Gasteiger partial charge in [0.05, 0.1) is 11.9 Å². The topological polar surface area (TPSA) is 86.8 Å². The summed E-state index contributed by atoms with van der Waals surface area (Å²) in [5.41, 5.74) is 1.02. The van der Waals surface area contributed by atoms with E-state index in [2.05, 4.69) is 5.32 Å². The largest absolute Gasteiger partial charge is 0.350 e. The van der Waals surface area contributed by atoms with Crippen LogP contribution in [0.15, 0.2) is 78.9 Å². The van der Waals surface area contributed by atoms with Crippen molar-refractivity contribution in [2.45, 2.75) is 58.2 Å². The number of benzene rings is 3. The summed E-state index contributed by atoms with van der Waals surface area (Å²) in [4.78, 5) is 29.0. The van der Waals surface area contributed by atoms with Crippen LogP contribution in [0, 0.1) is 5.82 Å². The Morgan fingerprint density at radius 1 is 0.951 bits per heavy atom. The van der Waals surface area contributed by atoms with E-state index in [4.69, 9.17) is 11.6 Å². The van der Waals surface area contributed by atoms with Gasteiger partial charge in [-0.2, -0.15) is 0 Å². The third-order valence-electron chi connectivity index (χ3n) is 6.28. The summed E-state index contributed by atoms with van der Waals surface area (Å²) in [5.74, 6) is -1.31. The van der Waals surface area contributed by atoms with Crippen molar-refractivity contribution < 1.29 is 22.4 Å². The van der Waals surface area contributed by atoms with Gasteiger partial charge in [-0.15, -0.1) is 0 Å². The molecule has 3 aromatic carbocycles. The molecule has 0 heterocycles. The molecule has 0 aromatic heterocycles. The van der Waals surface area contributed by atoms with E-state index < -0.39 is 27.4 Å². The van der Waals surface area contributed by atoms with E-state index in [9.17, 15) is 22.4 Å². The predicted octanol–water partition coefficient (Wildman–Crippen LogP) is 5.58. The number of hydrogen-bond acceptors (Lipinski definition) is 4. The molecule has 3 rings (SSSR count). The van der Waals surface area contributed by atoms with Crippen molar-refractivity contribution in [2.75, 3.05) is 17.1 Å². The third-order valence-corrected chi connectivity index (χ3v) is 7.70. The van der Waals surface area contributed by atoms with Gasteiger partial charge < -0.3 is 10.2 Å². The highest BCUT2D eigenvalue weighted by molar-refractivity contribution is 7.92. The second-order valence-electron chi connectivity index (χ2n) is 11.0. The first-order chi connectivity index (χ1) is 19.2. The first-order valence-electron chi connectivity index (χ1n) is 13.4. The molecular formula is C31H37ClFN3O4S. The number of rotatable bonds is 12. The third kappa shape index (κ3) is 9.86. The Hall–Kier alpha value is -3.43. The molecule has 1 N–H and O–H groups in total. The Balaban J connectivity index is 1.91. The monoisotopic (exact) mass is 601 g/mol. The van der Waals surface area contributed by atoms with Crippen LogP contribution in [0.5, 0.6) is 0 Å². The zero-order valence-electron chi connectivity index (χ0n) is 23.8. The Kier molecular flexibility index (Phi) is 10.9. The number of amides is 2. The molecule has 3 aromatic rings. The van der Waals surface area contributed by atoms with Gasteiger partial charge in [0.1, 0.15) is 11.9 Å². The summed E-state index contributed by atoms with van der Waals surface area (Å²) in [6.07, 6.45) is 1.33. The van der Waals surface area contributed by atoms with Crippen LogP contribution in [0.3, 0.4) is 0 Å². The molecule has 0 radical (unpaired) electrons. The van der Waals surface area contributed by atoms with Gasteiger partial charge in [0.25, 0.3) is 0 Å². The molecule has 0 aliphatic heterocycles. The molecule has 0 fully saturated rings. The molecule has 41 heavy (non-hydrogen) atoms. The summed E-state index contributed by atoms with van der Waals surface area (Å²) < 4.78 is 40.4. The molecule has 0 saturated carbocycles. The summed E-state index contributed by atoms with van der Waals surface area (Å²) in [5, 5.41) is 3.51. The minimum atomic E-state index is -3.81. The SMILES string of the molecule is CC(C)(C)NC(=O)C(Cc1ccccc1)N(Cc1cccc(Cl)c1)C(=O)CCCN(c1ccccc1F)S(C)(=O)=O. The molecule has 1 atom stereocenters. The van der Waals surface area contributed by atoms with Gasteiger partial charge in [-0.1, -0.05) is 66.2 Å². The Morgan fingerprint density at radius 2 is 1.59 bits per heavy atom. The molecule has 0 aliphatic carbocycles. The lowest BCUT2D eigenvalue weighted by Crippen LogP contribution is -2.54. The van der Waals surface area contributed by atoms with Crippen LogP contribution in [-0.4, -0.2) is 49.5 Å². The number of nitrogens with one attached hydrogen (secondary N) is 1. The van der Waals surface area contributed by atoms with Crippen LogP contribution in [0.4, 0.5) is 10.1 Å². The Labute approximate surface area is 247 Å². The van der Waals surface area contributed by atoms with Crippen molar-refractivity contribution in [3.8, 4) is 0 Å². The van der Waals surface area contributed by atoms with Crippen LogP contribution in [0.2, 0.25) is 5.02 Å². The fourth-order valence-corrected chi connectivity index (χ4v) is 5.65. The Bertz CT molecular complexity index is 1440. The molecular weight excluding hydrogens is 565 g/mol. The minimum absolute atomic E-state index is 0.0604. The van der Waals surface area contributed by atoms with Crippen LogP contribution >= 0.6 is 11.6 Å². The Morgan fingerprint density at radius 3 is 2.20 bits per heavy atom. The summed E-state index contributed by atoms with van der Waals surface area (Å²) >= 11 is 6.22. The van der Waals surface area contributed by atoms with Crippen LogP contribution in [0.1, 0.15) is 44.7 Å². The number of hydrogen-bond donors (Lipinski definition) is 1. The first kappa shape index (κ1) is 32.1. The smallest absolute Gasteiger partial charge is 0.243 e. The highest BCUT2D eigenvalue weighted by Gasteiger charge is 2.32. The van der Waals surface area contributed by atoms with E-state index in [0.717, 1.165) is 21.7 Å². The summed E-state index contributed by atoms with van der Waals surface area (Å²) in [6.45, 7) is 5.63. The number of halogens is 2. The van der Waals surface area contributed by atoms with E-state index in [0.29, 0.717) is 5.02 Å². The molecule has 7 nitrogen and oxygen atoms in total. The standard InChI is InChI=1S/C31H37ClFN3O4S/c1-31(2,3)34-30(38)28(21-23-12-6-5-7-13-23)35(22-24-14-10-15-25(32)20-24)29(37)18-11-19-36(41(4,39)40)27-17-9-8-16-26(27)33/h5-10,12-17,20,28H,11,18-19,21-22H2,1-4H3,(H,34,38). The average molecular weight is 602 g/mol. The molecule has 10 heteroatoms. The number of para-hydroxylation sites is 1. The highest BCUT2D eigenvalue weighted by atomic mass is 35.5. The molecule has 0 saturated heterocycles. The van der Waals surface area contributed by atoms with Gasteiger partial charge in [0.2, 0.25) is 21.8 Å². The molecule has 1 unspecified atom stereocenters. The van der Waals surface area contributed by atoms with Crippen LogP contribution in [-0.2, 0) is 32.6 Å². The molecule has 0 bridgehead atoms. The predicted molar refractivity (Wildman–Crippen MR) is 162 cm³/mol. The van der Waals surface area contributed by atoms with Gasteiger partial charge >= 0.3 is 0 Å². The van der Waals surface area contributed by atoms with Gasteiger partial charge in [0.15, 0.2) is 0 Å². The molecule has 2 amide bonds. The number of nitrogens with zero attached hydrogens (tertiary/aromatic N) is 2. The lowest BCUT2D eigenvalue weighted by molar-refractivity contribution is -0.142. The van der Waals surface area contributed by atoms with Crippen LogP contribution in [0.25, 0.3) is 0 Å². The lowest BCUT2D eigenvalue weighted by atomic mass is 10.00. The second-order valence-corrected chi connectivity index (χ2v) is 13.3. The maximum atomic E-state index is 14.5. The number of carbonyl (C=O) groups excluding carboxylic acids is 2. The number of sulfonamides is 1. The van der Waals surface area contributed by atoms with Crippen molar-refractivity contribution in [1.82, 2.24) is 10.2 Å². The fraction of sp³-hybridized carbons (Fsp3) is 0.355. The molecule has 0 spiro atoms. The van der Waals surface area contributed by atoms with Gasteiger partial charge in [-0.25, -0.2) is 12.8 Å². The highest BCUT2D eigenvalue weighted by Crippen LogP contribution is 2.23. The van der Waals surface area contributed by atoms with Crippen molar-refractivity contribution >= 4 is 39.1 Å². The minimum Gasteiger partial charge on any atom is -0.350 e.